The number of hydrogen-bond acceptors (Lipinski definition) is 6. The second-order valence-corrected chi connectivity index (χ2v) is 9.31. The van der Waals surface area contributed by atoms with E-state index in [0.717, 1.165) is 10.5 Å². The van der Waals surface area contributed by atoms with Gasteiger partial charge in [0, 0.05) is 34.2 Å². The number of carbonyl (C=O) groups is 3. The van der Waals surface area contributed by atoms with Gasteiger partial charge in [0.25, 0.3) is 11.8 Å². The summed E-state index contributed by atoms with van der Waals surface area (Å²) in [6.45, 7) is 0. The van der Waals surface area contributed by atoms with Gasteiger partial charge in [-0.15, -0.1) is 11.8 Å². The molecule has 0 bridgehead atoms. The molecule has 3 amide bonds. The van der Waals surface area contributed by atoms with Crippen molar-refractivity contribution in [2.45, 2.75) is 4.90 Å². The minimum absolute atomic E-state index is 0.124. The Balaban J connectivity index is 1.37. The van der Waals surface area contributed by atoms with Crippen molar-refractivity contribution in [1.29, 1.82) is 0 Å². The summed E-state index contributed by atoms with van der Waals surface area (Å²) in [6, 6.07) is 21.2. The molecule has 4 rings (SSSR count). The van der Waals surface area contributed by atoms with Crippen molar-refractivity contribution in [3.63, 3.8) is 0 Å². The van der Waals surface area contributed by atoms with Crippen LogP contribution in [0.3, 0.4) is 0 Å². The molecule has 0 unspecified atom stereocenters. The van der Waals surface area contributed by atoms with Gasteiger partial charge in [-0.3, -0.25) is 19.4 Å². The molecule has 9 heteroatoms. The number of rotatable bonds is 9. The van der Waals surface area contributed by atoms with Crippen LogP contribution < -0.4 is 16.0 Å². The van der Waals surface area contributed by atoms with Gasteiger partial charge in [-0.05, 0) is 77.0 Å². The number of pyridine rings is 1. The Morgan fingerprint density at radius 2 is 1.58 bits per heavy atom. The molecule has 2 aromatic heterocycles. The highest BCUT2D eigenvalue weighted by Gasteiger charge is 2.15. The molecule has 0 spiro atoms. The minimum Gasteiger partial charge on any atom is -0.325 e. The molecular formula is C27H22N4O3S2. The highest BCUT2D eigenvalue weighted by molar-refractivity contribution is 8.00. The summed E-state index contributed by atoms with van der Waals surface area (Å²) in [5, 5.41) is 12.1. The summed E-state index contributed by atoms with van der Waals surface area (Å²) in [5.41, 5.74) is 2.66. The summed E-state index contributed by atoms with van der Waals surface area (Å²) in [4.78, 5) is 42.6. The first kappa shape index (κ1) is 24.9. The van der Waals surface area contributed by atoms with Crippen molar-refractivity contribution in [1.82, 2.24) is 10.3 Å². The SMILES string of the molecule is O=C(CSc1ccc(NC(=O)/C(=C/c2ccsc2)NC(=O)c2ccccc2)cc1)Nc1ccncc1. The third-order valence-electron chi connectivity index (χ3n) is 4.83. The molecule has 0 aliphatic rings. The van der Waals surface area contributed by atoms with Crippen LogP contribution in [-0.2, 0) is 9.59 Å². The molecule has 0 saturated carbocycles. The monoisotopic (exact) mass is 514 g/mol. The predicted molar refractivity (Wildman–Crippen MR) is 145 cm³/mol. The van der Waals surface area contributed by atoms with Crippen molar-refractivity contribution in [2.75, 3.05) is 16.4 Å². The number of nitrogens with one attached hydrogen (secondary N) is 3. The van der Waals surface area contributed by atoms with Crippen LogP contribution in [-0.4, -0.2) is 28.5 Å². The number of nitrogens with zero attached hydrogens (tertiary/aromatic N) is 1. The highest BCUT2D eigenvalue weighted by atomic mass is 32.2. The first-order valence-corrected chi connectivity index (χ1v) is 12.8. The molecule has 3 N–H and O–H groups in total. The van der Waals surface area contributed by atoms with E-state index in [-0.39, 0.29) is 23.3 Å². The lowest BCUT2D eigenvalue weighted by Gasteiger charge is -2.11. The number of carbonyl (C=O) groups excluding carboxylic acids is 3. The van der Waals surface area contributed by atoms with Crippen LogP contribution in [0.5, 0.6) is 0 Å². The molecule has 36 heavy (non-hydrogen) atoms. The number of hydrogen-bond donors (Lipinski definition) is 3. The maximum absolute atomic E-state index is 13.0. The van der Waals surface area contributed by atoms with Gasteiger partial charge in [0.15, 0.2) is 0 Å². The summed E-state index contributed by atoms with van der Waals surface area (Å²) >= 11 is 2.88. The lowest BCUT2D eigenvalue weighted by Crippen LogP contribution is -2.30. The van der Waals surface area contributed by atoms with E-state index >= 15 is 0 Å². The fourth-order valence-electron chi connectivity index (χ4n) is 3.08. The number of thioether (sulfide) groups is 1. The molecule has 7 nitrogen and oxygen atoms in total. The van der Waals surface area contributed by atoms with E-state index in [1.54, 1.807) is 67.0 Å². The Hall–Kier alpha value is -4.21. The zero-order valence-electron chi connectivity index (χ0n) is 19.0. The summed E-state index contributed by atoms with van der Waals surface area (Å²) in [5.74, 6) is -0.694. The van der Waals surface area contributed by atoms with Crippen LogP contribution in [0.15, 0.2) is 107 Å². The standard InChI is InChI=1S/C27H22N4O3S2/c32-25(29-22-10-13-28-14-11-22)18-36-23-8-6-21(7-9-23)30-27(34)24(16-19-12-15-35-17-19)31-26(33)20-4-2-1-3-5-20/h1-17H,18H2,(H,30,34)(H,31,33)(H,28,29,32)/b24-16-. The van der Waals surface area contributed by atoms with E-state index in [1.165, 1.54) is 23.1 Å². The summed E-state index contributed by atoms with van der Waals surface area (Å²) < 4.78 is 0. The average molecular weight is 515 g/mol. The second kappa shape index (κ2) is 12.5. The fraction of sp³-hybridized carbons (Fsp3) is 0.0370. The lowest BCUT2D eigenvalue weighted by atomic mass is 10.2. The smallest absolute Gasteiger partial charge is 0.272 e. The van der Waals surface area contributed by atoms with Gasteiger partial charge >= 0.3 is 0 Å². The van der Waals surface area contributed by atoms with Crippen molar-refractivity contribution < 1.29 is 14.4 Å². The van der Waals surface area contributed by atoms with Crippen LogP contribution in [0.4, 0.5) is 11.4 Å². The van der Waals surface area contributed by atoms with Gasteiger partial charge in [0.2, 0.25) is 5.91 Å². The van der Waals surface area contributed by atoms with Crippen LogP contribution in [0.2, 0.25) is 0 Å². The van der Waals surface area contributed by atoms with Crippen molar-refractivity contribution in [2.24, 2.45) is 0 Å². The topological polar surface area (TPSA) is 100 Å². The summed E-state index contributed by atoms with van der Waals surface area (Å²) in [7, 11) is 0. The number of anilines is 2. The third-order valence-corrected chi connectivity index (χ3v) is 6.54. The number of thiophene rings is 1. The number of benzene rings is 2. The Morgan fingerprint density at radius 3 is 2.28 bits per heavy atom. The molecule has 2 aromatic carbocycles. The normalized spacial score (nSPS) is 10.9. The van der Waals surface area contributed by atoms with Crippen LogP contribution in [0, 0.1) is 0 Å². The third kappa shape index (κ3) is 7.39. The predicted octanol–water partition coefficient (Wildman–Crippen LogP) is 5.28. The van der Waals surface area contributed by atoms with Gasteiger partial charge in [0.05, 0.1) is 5.75 Å². The molecule has 0 fully saturated rings. The van der Waals surface area contributed by atoms with Crippen molar-refractivity contribution >= 4 is 58.3 Å². The Bertz CT molecular complexity index is 1340. The molecule has 2 heterocycles. The van der Waals surface area contributed by atoms with Crippen molar-refractivity contribution in [3.8, 4) is 0 Å². The van der Waals surface area contributed by atoms with Crippen LogP contribution >= 0.6 is 23.1 Å². The number of aromatic nitrogens is 1. The quantitative estimate of drug-likeness (QED) is 0.208. The molecule has 4 aromatic rings. The molecule has 0 atom stereocenters. The Labute approximate surface area is 216 Å². The molecule has 0 saturated heterocycles. The van der Waals surface area contributed by atoms with E-state index in [2.05, 4.69) is 20.9 Å². The molecule has 0 radical (unpaired) electrons. The Kier molecular flexibility index (Phi) is 8.63. The number of amides is 3. The first-order valence-electron chi connectivity index (χ1n) is 10.9. The summed E-state index contributed by atoms with van der Waals surface area (Å²) in [6.07, 6.45) is 4.87. The maximum atomic E-state index is 13.0. The van der Waals surface area contributed by atoms with Gasteiger partial charge in [-0.25, -0.2) is 0 Å². The van der Waals surface area contributed by atoms with Gasteiger partial charge in [0.1, 0.15) is 5.70 Å². The van der Waals surface area contributed by atoms with E-state index < -0.39 is 5.91 Å². The largest absolute Gasteiger partial charge is 0.325 e. The highest BCUT2D eigenvalue weighted by Crippen LogP contribution is 2.21. The van der Waals surface area contributed by atoms with E-state index in [9.17, 15) is 14.4 Å². The first-order chi connectivity index (χ1) is 17.6. The average Bonchev–Trinajstić information content (AvgIpc) is 3.42. The van der Waals surface area contributed by atoms with Crippen molar-refractivity contribution in [3.05, 3.63) is 113 Å². The Morgan fingerprint density at radius 1 is 0.861 bits per heavy atom. The van der Waals surface area contributed by atoms with Gasteiger partial charge in [-0.2, -0.15) is 11.3 Å². The van der Waals surface area contributed by atoms with Gasteiger partial charge < -0.3 is 16.0 Å². The molecule has 180 valence electrons. The van der Waals surface area contributed by atoms with Crippen LogP contribution in [0.1, 0.15) is 15.9 Å². The van der Waals surface area contributed by atoms with Gasteiger partial charge in [-0.1, -0.05) is 18.2 Å². The van der Waals surface area contributed by atoms with E-state index in [1.807, 2.05) is 35.0 Å². The van der Waals surface area contributed by atoms with Crippen LogP contribution in [0.25, 0.3) is 6.08 Å². The molecule has 0 aliphatic carbocycles. The zero-order valence-corrected chi connectivity index (χ0v) is 20.6. The molecular weight excluding hydrogens is 492 g/mol. The second-order valence-electron chi connectivity index (χ2n) is 7.49. The minimum atomic E-state index is -0.442. The van der Waals surface area contributed by atoms with E-state index in [4.69, 9.17) is 0 Å². The van der Waals surface area contributed by atoms with E-state index in [0.29, 0.717) is 16.9 Å². The molecule has 0 aliphatic heterocycles. The lowest BCUT2D eigenvalue weighted by molar-refractivity contribution is -0.114. The fourth-order valence-corrected chi connectivity index (χ4v) is 4.40. The maximum Gasteiger partial charge on any atom is 0.272 e. The zero-order chi connectivity index (χ0) is 25.2.